The Labute approximate surface area is 209 Å². The van der Waals surface area contributed by atoms with Crippen LogP contribution in [0.25, 0.3) is 22.0 Å². The molecule has 1 aliphatic rings. The summed E-state index contributed by atoms with van der Waals surface area (Å²) in [6.07, 6.45) is 2.62. The topological polar surface area (TPSA) is 81.5 Å². The Balaban J connectivity index is 1.59. The molecule has 0 bridgehead atoms. The van der Waals surface area contributed by atoms with Crippen molar-refractivity contribution in [3.05, 3.63) is 84.1 Å². The van der Waals surface area contributed by atoms with Crippen molar-refractivity contribution in [2.24, 2.45) is 0 Å². The van der Waals surface area contributed by atoms with Crippen molar-refractivity contribution in [1.82, 2.24) is 13.9 Å². The fourth-order valence-electron chi connectivity index (χ4n) is 4.53. The Morgan fingerprint density at radius 3 is 2.58 bits per heavy atom. The van der Waals surface area contributed by atoms with Crippen LogP contribution in [-0.4, -0.2) is 34.0 Å². The van der Waals surface area contributed by atoms with E-state index in [2.05, 4.69) is 4.98 Å². The monoisotopic (exact) mass is 507 g/mol. The number of benzene rings is 2. The molecule has 9 heteroatoms. The van der Waals surface area contributed by atoms with Crippen LogP contribution in [0.4, 0.5) is 9.18 Å². The number of hydrogen-bond acceptors (Lipinski definition) is 5. The zero-order chi connectivity index (χ0) is 25.8. The highest BCUT2D eigenvalue weighted by atomic mass is 32.2. The molecule has 0 saturated carbocycles. The lowest BCUT2D eigenvalue weighted by Crippen LogP contribution is -2.26. The lowest BCUT2D eigenvalue weighted by molar-refractivity contribution is 0.0544. The number of pyridine rings is 1. The first-order chi connectivity index (χ1) is 17.0. The Morgan fingerprint density at radius 1 is 1.11 bits per heavy atom. The van der Waals surface area contributed by atoms with E-state index in [1.807, 2.05) is 19.1 Å². The van der Waals surface area contributed by atoms with Gasteiger partial charge in [-0.05, 0) is 81.3 Å². The van der Waals surface area contributed by atoms with Crippen LogP contribution >= 0.6 is 0 Å². The number of ether oxygens (including phenoxy) is 1. The number of carbonyl (C=O) groups is 1. The number of hydrogen-bond donors (Lipinski definition) is 0. The van der Waals surface area contributed by atoms with Crippen LogP contribution in [0.3, 0.4) is 0 Å². The zero-order valence-corrected chi connectivity index (χ0v) is 21.2. The van der Waals surface area contributed by atoms with E-state index in [4.69, 9.17) is 4.74 Å². The van der Waals surface area contributed by atoms with Crippen LogP contribution in [-0.2, 0) is 21.3 Å². The molecule has 0 radical (unpaired) electrons. The number of rotatable bonds is 3. The minimum absolute atomic E-state index is 0.158. The Hall–Kier alpha value is -3.56. The fourth-order valence-corrected chi connectivity index (χ4v) is 6.38. The van der Waals surface area contributed by atoms with Crippen molar-refractivity contribution in [3.63, 3.8) is 0 Å². The number of carbonyl (C=O) groups excluding carboxylic acids is 1. The van der Waals surface area contributed by atoms with Crippen molar-refractivity contribution in [1.29, 1.82) is 0 Å². The average Bonchev–Trinajstić information content (AvgIpc) is 3.27. The predicted octanol–water partition coefficient (Wildman–Crippen LogP) is 5.89. The third-order valence-electron chi connectivity index (χ3n) is 6.19. The molecule has 7 nitrogen and oxygen atoms in total. The summed E-state index contributed by atoms with van der Waals surface area (Å²) in [6, 6.07) is 14.4. The molecule has 0 amide bonds. The average molecular weight is 508 g/mol. The van der Waals surface area contributed by atoms with Crippen LogP contribution in [0, 0.1) is 5.82 Å². The van der Waals surface area contributed by atoms with Crippen molar-refractivity contribution < 1.29 is 22.3 Å². The van der Waals surface area contributed by atoms with Crippen LogP contribution in [0.5, 0.6) is 0 Å². The zero-order valence-electron chi connectivity index (χ0n) is 20.4. The van der Waals surface area contributed by atoms with E-state index >= 15 is 0 Å². The highest BCUT2D eigenvalue weighted by molar-refractivity contribution is 7.89. The minimum Gasteiger partial charge on any atom is -0.443 e. The standard InChI is InChI=1S/C27H26FN3O4S/c1-17-22-13-18(8-11-25(22)36(33,34)31(17)15-20-7-5-6-12-29-20)23-16-30(26(32)35-27(2,3)4)24-14-19(28)9-10-21(23)24/h5-14,16-17H,15H2,1-4H3/t17-/m1/s1. The highest BCUT2D eigenvalue weighted by Gasteiger charge is 2.40. The molecule has 1 aliphatic heterocycles. The molecule has 3 heterocycles. The van der Waals surface area contributed by atoms with Gasteiger partial charge in [-0.2, -0.15) is 4.31 Å². The van der Waals surface area contributed by atoms with Crippen molar-refractivity contribution >= 4 is 27.0 Å². The summed E-state index contributed by atoms with van der Waals surface area (Å²) in [5, 5.41) is 0.654. The number of nitrogens with zero attached hydrogens (tertiary/aromatic N) is 3. The lowest BCUT2D eigenvalue weighted by atomic mass is 9.99. The molecule has 0 N–H and O–H groups in total. The van der Waals surface area contributed by atoms with E-state index in [1.165, 1.54) is 21.0 Å². The molecule has 0 fully saturated rings. The first-order valence-electron chi connectivity index (χ1n) is 11.6. The Bertz CT molecular complexity index is 1590. The van der Waals surface area contributed by atoms with Crippen LogP contribution in [0.2, 0.25) is 0 Å². The van der Waals surface area contributed by atoms with Gasteiger partial charge < -0.3 is 4.74 Å². The number of halogens is 1. The van der Waals surface area contributed by atoms with Crippen LogP contribution < -0.4 is 0 Å². The smallest absolute Gasteiger partial charge is 0.419 e. The third-order valence-corrected chi connectivity index (χ3v) is 8.18. The van der Waals surface area contributed by atoms with Crippen LogP contribution in [0.1, 0.15) is 45.0 Å². The van der Waals surface area contributed by atoms with E-state index in [1.54, 1.807) is 63.5 Å². The summed E-state index contributed by atoms with van der Waals surface area (Å²) in [7, 11) is -3.70. The SMILES string of the molecule is C[C@@H]1c2cc(-c3cn(C(=O)OC(C)(C)C)c4cc(F)ccc34)ccc2S(=O)(=O)N1Cc1ccccn1. The van der Waals surface area contributed by atoms with Gasteiger partial charge >= 0.3 is 6.09 Å². The summed E-state index contributed by atoms with van der Waals surface area (Å²) in [4.78, 5) is 17.4. The van der Waals surface area contributed by atoms with E-state index < -0.39 is 33.6 Å². The molecule has 36 heavy (non-hydrogen) atoms. The van der Waals surface area contributed by atoms with Crippen LogP contribution in [0.15, 0.2) is 71.9 Å². The van der Waals surface area contributed by atoms with E-state index in [0.29, 0.717) is 27.7 Å². The van der Waals surface area contributed by atoms with E-state index in [-0.39, 0.29) is 11.4 Å². The maximum Gasteiger partial charge on any atom is 0.419 e. The quantitative estimate of drug-likeness (QED) is 0.345. The molecule has 2 aromatic heterocycles. The molecule has 186 valence electrons. The molecule has 2 aromatic carbocycles. The summed E-state index contributed by atoms with van der Waals surface area (Å²) in [5.41, 5.74) is 2.35. The third kappa shape index (κ3) is 4.18. The maximum atomic E-state index is 14.1. The second kappa shape index (κ2) is 8.53. The summed E-state index contributed by atoms with van der Waals surface area (Å²) < 4.78 is 49.0. The molecule has 0 saturated heterocycles. The van der Waals surface area contributed by atoms with Gasteiger partial charge in [0.1, 0.15) is 11.4 Å². The second-order valence-corrected chi connectivity index (χ2v) is 11.7. The van der Waals surface area contributed by atoms with E-state index in [9.17, 15) is 17.6 Å². The predicted molar refractivity (Wildman–Crippen MR) is 134 cm³/mol. The first-order valence-corrected chi connectivity index (χ1v) is 13.0. The molecular weight excluding hydrogens is 481 g/mol. The highest BCUT2D eigenvalue weighted by Crippen LogP contribution is 2.43. The summed E-state index contributed by atoms with van der Waals surface area (Å²) >= 11 is 0. The fraction of sp³-hybridized carbons (Fsp3) is 0.259. The molecule has 5 rings (SSSR count). The van der Waals surface area contributed by atoms with Crippen molar-refractivity contribution in [3.8, 4) is 11.1 Å². The summed E-state index contributed by atoms with van der Waals surface area (Å²) in [6.45, 7) is 7.28. The van der Waals surface area contributed by atoms with Gasteiger partial charge in [-0.15, -0.1) is 0 Å². The van der Waals surface area contributed by atoms with Gasteiger partial charge in [0.05, 0.1) is 22.7 Å². The second-order valence-electron chi connectivity index (χ2n) is 9.85. The first kappa shape index (κ1) is 24.1. The molecule has 0 aliphatic carbocycles. The van der Waals surface area contributed by atoms with Gasteiger partial charge in [-0.25, -0.2) is 17.6 Å². The molecular formula is C27H26FN3O4S. The van der Waals surface area contributed by atoms with Gasteiger partial charge in [0, 0.05) is 29.4 Å². The van der Waals surface area contributed by atoms with Gasteiger partial charge in [0.15, 0.2) is 0 Å². The molecule has 0 spiro atoms. The molecule has 0 unspecified atom stereocenters. The minimum atomic E-state index is -3.70. The Kier molecular flexibility index (Phi) is 5.72. The number of aromatic nitrogens is 2. The van der Waals surface area contributed by atoms with Gasteiger partial charge in [0.25, 0.3) is 0 Å². The normalized spacial score (nSPS) is 17.3. The largest absolute Gasteiger partial charge is 0.443 e. The van der Waals surface area contributed by atoms with Crippen molar-refractivity contribution in [2.45, 2.75) is 50.8 Å². The van der Waals surface area contributed by atoms with Gasteiger partial charge in [-0.3, -0.25) is 9.55 Å². The van der Waals surface area contributed by atoms with Gasteiger partial charge in [-0.1, -0.05) is 12.1 Å². The lowest BCUT2D eigenvalue weighted by Gasteiger charge is -2.19. The summed E-state index contributed by atoms with van der Waals surface area (Å²) in [5.74, 6) is -0.476. The van der Waals surface area contributed by atoms with Gasteiger partial charge in [0.2, 0.25) is 10.0 Å². The van der Waals surface area contributed by atoms with E-state index in [0.717, 1.165) is 5.56 Å². The molecule has 4 aromatic rings. The molecule has 1 atom stereocenters. The van der Waals surface area contributed by atoms with Crippen molar-refractivity contribution in [2.75, 3.05) is 0 Å². The number of sulfonamides is 1. The number of fused-ring (bicyclic) bond motifs is 2. The maximum absolute atomic E-state index is 14.1. The Morgan fingerprint density at radius 2 is 1.89 bits per heavy atom.